The van der Waals surface area contributed by atoms with Gasteiger partial charge < -0.3 is 10.2 Å². The van der Waals surface area contributed by atoms with Crippen molar-refractivity contribution in [2.75, 3.05) is 18.9 Å². The Morgan fingerprint density at radius 3 is 2.85 bits per heavy atom. The van der Waals surface area contributed by atoms with Gasteiger partial charge in [0.2, 0.25) is 0 Å². The van der Waals surface area contributed by atoms with Crippen LogP contribution in [0, 0.1) is 0 Å². The maximum Gasteiger partial charge on any atom is 0.257 e. The first-order valence-corrected chi connectivity index (χ1v) is 8.09. The Hall–Kier alpha value is -1.10. The van der Waals surface area contributed by atoms with Crippen LogP contribution in [0.5, 0.6) is 0 Å². The standard InChI is InChI=1S/C15H22BrN3O/c1-3-8-17-14-13(9-11(16)10-18-14)15(20)19(2)12-6-4-5-7-12/h9-10,12H,3-8H2,1-2H3,(H,17,18). The molecule has 0 bridgehead atoms. The quantitative estimate of drug-likeness (QED) is 0.889. The highest BCUT2D eigenvalue weighted by Crippen LogP contribution is 2.26. The number of halogens is 1. The van der Waals surface area contributed by atoms with E-state index in [1.54, 1.807) is 6.20 Å². The Labute approximate surface area is 129 Å². The van der Waals surface area contributed by atoms with E-state index in [4.69, 9.17) is 0 Å². The summed E-state index contributed by atoms with van der Waals surface area (Å²) in [5.74, 6) is 0.745. The number of aromatic nitrogens is 1. The molecule has 110 valence electrons. The average Bonchev–Trinajstić information content (AvgIpc) is 2.98. The molecule has 1 fully saturated rings. The molecule has 0 radical (unpaired) electrons. The van der Waals surface area contributed by atoms with Crippen LogP contribution < -0.4 is 5.32 Å². The molecule has 0 aliphatic heterocycles. The molecule has 5 heteroatoms. The molecule has 0 aromatic carbocycles. The minimum atomic E-state index is 0.0595. The summed E-state index contributed by atoms with van der Waals surface area (Å²) in [7, 11) is 1.91. The number of amides is 1. The molecule has 2 rings (SSSR count). The lowest BCUT2D eigenvalue weighted by Crippen LogP contribution is -2.35. The summed E-state index contributed by atoms with van der Waals surface area (Å²) in [4.78, 5) is 18.9. The third kappa shape index (κ3) is 3.51. The molecule has 1 N–H and O–H groups in total. The number of rotatable bonds is 5. The van der Waals surface area contributed by atoms with Crippen molar-refractivity contribution >= 4 is 27.7 Å². The van der Waals surface area contributed by atoms with E-state index in [0.29, 0.717) is 17.4 Å². The Bertz CT molecular complexity index is 472. The van der Waals surface area contributed by atoms with Crippen LogP contribution in [0.25, 0.3) is 0 Å². The lowest BCUT2D eigenvalue weighted by molar-refractivity contribution is 0.0735. The van der Waals surface area contributed by atoms with Gasteiger partial charge in [0.25, 0.3) is 5.91 Å². The summed E-state index contributed by atoms with van der Waals surface area (Å²) in [5.41, 5.74) is 0.655. The number of pyridine rings is 1. The van der Waals surface area contributed by atoms with Crippen LogP contribution in [-0.4, -0.2) is 35.4 Å². The average molecular weight is 340 g/mol. The summed E-state index contributed by atoms with van der Waals surface area (Å²) in [5, 5.41) is 3.24. The first-order valence-electron chi connectivity index (χ1n) is 7.30. The maximum absolute atomic E-state index is 12.7. The van der Waals surface area contributed by atoms with Crippen LogP contribution in [0.15, 0.2) is 16.7 Å². The van der Waals surface area contributed by atoms with Gasteiger partial charge in [-0.25, -0.2) is 4.98 Å². The summed E-state index contributed by atoms with van der Waals surface area (Å²) in [6, 6.07) is 2.24. The molecule has 1 amide bonds. The Balaban J connectivity index is 2.20. The maximum atomic E-state index is 12.7. The van der Waals surface area contributed by atoms with Crippen LogP contribution in [0.3, 0.4) is 0 Å². The van der Waals surface area contributed by atoms with Crippen LogP contribution in [0.2, 0.25) is 0 Å². The van der Waals surface area contributed by atoms with E-state index in [-0.39, 0.29) is 5.91 Å². The molecule has 20 heavy (non-hydrogen) atoms. The molecule has 1 heterocycles. The molecule has 0 unspecified atom stereocenters. The van der Waals surface area contributed by atoms with E-state index in [0.717, 1.165) is 30.3 Å². The van der Waals surface area contributed by atoms with Crippen molar-refractivity contribution in [3.05, 3.63) is 22.3 Å². The van der Waals surface area contributed by atoms with E-state index in [1.807, 2.05) is 18.0 Å². The van der Waals surface area contributed by atoms with Crippen molar-refractivity contribution in [3.63, 3.8) is 0 Å². The second kappa shape index (κ2) is 7.07. The second-order valence-corrected chi connectivity index (χ2v) is 6.25. The molecular formula is C15H22BrN3O. The van der Waals surface area contributed by atoms with Gasteiger partial charge in [0.1, 0.15) is 5.82 Å². The van der Waals surface area contributed by atoms with E-state index in [2.05, 4.69) is 33.2 Å². The molecule has 1 saturated carbocycles. The molecule has 1 aromatic heterocycles. The van der Waals surface area contributed by atoms with Gasteiger partial charge in [-0.05, 0) is 41.3 Å². The van der Waals surface area contributed by atoms with Gasteiger partial charge in [-0.2, -0.15) is 0 Å². The summed E-state index contributed by atoms with van der Waals surface area (Å²) >= 11 is 3.40. The van der Waals surface area contributed by atoms with Crippen LogP contribution in [0.1, 0.15) is 49.4 Å². The summed E-state index contributed by atoms with van der Waals surface area (Å²) in [6.45, 7) is 2.92. The zero-order valence-corrected chi connectivity index (χ0v) is 13.7. The molecule has 0 spiro atoms. The highest BCUT2D eigenvalue weighted by atomic mass is 79.9. The number of hydrogen-bond donors (Lipinski definition) is 1. The van der Waals surface area contributed by atoms with Gasteiger partial charge >= 0.3 is 0 Å². The van der Waals surface area contributed by atoms with E-state index in [1.165, 1.54) is 12.8 Å². The Morgan fingerprint density at radius 1 is 1.50 bits per heavy atom. The lowest BCUT2D eigenvalue weighted by Gasteiger charge is -2.25. The van der Waals surface area contributed by atoms with Crippen molar-refractivity contribution in [1.29, 1.82) is 0 Å². The monoisotopic (exact) mass is 339 g/mol. The molecule has 0 saturated heterocycles. The van der Waals surface area contributed by atoms with Crippen molar-refractivity contribution in [3.8, 4) is 0 Å². The number of carbonyl (C=O) groups is 1. The lowest BCUT2D eigenvalue weighted by atomic mass is 10.1. The predicted molar refractivity (Wildman–Crippen MR) is 85.1 cm³/mol. The fourth-order valence-electron chi connectivity index (χ4n) is 2.63. The normalized spacial score (nSPS) is 15.3. The van der Waals surface area contributed by atoms with Gasteiger partial charge in [0.05, 0.1) is 5.56 Å². The molecule has 4 nitrogen and oxygen atoms in total. The Kier molecular flexibility index (Phi) is 5.40. The molecular weight excluding hydrogens is 318 g/mol. The SMILES string of the molecule is CCCNc1ncc(Br)cc1C(=O)N(C)C1CCCC1. The highest BCUT2D eigenvalue weighted by molar-refractivity contribution is 9.10. The van der Waals surface area contributed by atoms with E-state index >= 15 is 0 Å². The fraction of sp³-hybridized carbons (Fsp3) is 0.600. The summed E-state index contributed by atoms with van der Waals surface area (Å²) < 4.78 is 0.836. The zero-order chi connectivity index (χ0) is 14.5. The second-order valence-electron chi connectivity index (χ2n) is 5.33. The summed E-state index contributed by atoms with van der Waals surface area (Å²) in [6.07, 6.45) is 7.40. The van der Waals surface area contributed by atoms with Crippen LogP contribution in [0.4, 0.5) is 5.82 Å². The van der Waals surface area contributed by atoms with Crippen molar-refractivity contribution in [2.45, 2.75) is 45.1 Å². The number of carbonyl (C=O) groups excluding carboxylic acids is 1. The fourth-order valence-corrected chi connectivity index (χ4v) is 2.97. The molecule has 0 atom stereocenters. The third-order valence-electron chi connectivity index (χ3n) is 3.82. The van der Waals surface area contributed by atoms with Gasteiger partial charge in [0, 0.05) is 30.3 Å². The van der Waals surface area contributed by atoms with Gasteiger partial charge in [-0.1, -0.05) is 19.8 Å². The van der Waals surface area contributed by atoms with Crippen LogP contribution in [-0.2, 0) is 0 Å². The van der Waals surface area contributed by atoms with E-state index < -0.39 is 0 Å². The first kappa shape index (κ1) is 15.3. The predicted octanol–water partition coefficient (Wildman–Crippen LogP) is 3.68. The van der Waals surface area contributed by atoms with Gasteiger partial charge in [-0.15, -0.1) is 0 Å². The number of anilines is 1. The van der Waals surface area contributed by atoms with Crippen molar-refractivity contribution in [1.82, 2.24) is 9.88 Å². The number of nitrogens with zero attached hydrogens (tertiary/aromatic N) is 2. The Morgan fingerprint density at radius 2 is 2.20 bits per heavy atom. The van der Waals surface area contributed by atoms with Gasteiger partial charge in [-0.3, -0.25) is 4.79 Å². The first-order chi connectivity index (χ1) is 9.63. The van der Waals surface area contributed by atoms with Crippen molar-refractivity contribution in [2.24, 2.45) is 0 Å². The molecule has 1 aliphatic carbocycles. The number of nitrogens with one attached hydrogen (secondary N) is 1. The largest absolute Gasteiger partial charge is 0.369 e. The van der Waals surface area contributed by atoms with Gasteiger partial charge in [0.15, 0.2) is 0 Å². The minimum absolute atomic E-state index is 0.0595. The minimum Gasteiger partial charge on any atom is -0.369 e. The van der Waals surface area contributed by atoms with Crippen molar-refractivity contribution < 1.29 is 4.79 Å². The number of hydrogen-bond acceptors (Lipinski definition) is 3. The van der Waals surface area contributed by atoms with Crippen LogP contribution >= 0.6 is 15.9 Å². The third-order valence-corrected chi connectivity index (χ3v) is 4.25. The zero-order valence-electron chi connectivity index (χ0n) is 12.2. The topological polar surface area (TPSA) is 45.2 Å². The molecule has 1 aliphatic rings. The van der Waals surface area contributed by atoms with E-state index in [9.17, 15) is 4.79 Å². The molecule has 1 aromatic rings. The smallest absolute Gasteiger partial charge is 0.257 e. The highest BCUT2D eigenvalue weighted by Gasteiger charge is 2.26.